The fraction of sp³-hybridized carbons (Fsp3) is 0.154. The van der Waals surface area contributed by atoms with Gasteiger partial charge in [-0.25, -0.2) is 0 Å². The fourth-order valence-electron chi connectivity index (χ4n) is 1.45. The van der Waals surface area contributed by atoms with Crippen LogP contribution in [0.3, 0.4) is 0 Å². The van der Waals surface area contributed by atoms with Crippen molar-refractivity contribution in [1.29, 1.82) is 0 Å². The van der Waals surface area contributed by atoms with Crippen molar-refractivity contribution in [1.82, 2.24) is 0 Å². The molecule has 0 saturated heterocycles. The van der Waals surface area contributed by atoms with E-state index in [4.69, 9.17) is 5.73 Å². The molecule has 0 spiro atoms. The average Bonchev–Trinajstić information content (AvgIpc) is 2.78. The first-order valence-corrected chi connectivity index (χ1v) is 5.95. The fourth-order valence-corrected chi connectivity index (χ4v) is 2.37. The van der Waals surface area contributed by atoms with Gasteiger partial charge in [0.05, 0.1) is 4.88 Å². The lowest BCUT2D eigenvalue weighted by Gasteiger charge is -1.99. The number of hydrogen-bond acceptors (Lipinski definition) is 3. The molecule has 2 aromatic rings. The summed E-state index contributed by atoms with van der Waals surface area (Å²) in [6.45, 7) is 1.92. The maximum absolute atomic E-state index is 12.1. The Kier molecular flexibility index (Phi) is 3.17. The number of ketones is 1. The molecular weight excluding hydrogens is 218 g/mol. The molecule has 3 heteroatoms. The van der Waals surface area contributed by atoms with Gasteiger partial charge in [-0.3, -0.25) is 4.79 Å². The van der Waals surface area contributed by atoms with Gasteiger partial charge in [-0.05, 0) is 19.1 Å². The number of rotatable bonds is 3. The molecule has 0 aliphatic heterocycles. The molecule has 1 heterocycles. The first kappa shape index (κ1) is 11.0. The van der Waals surface area contributed by atoms with Crippen molar-refractivity contribution in [2.24, 2.45) is 5.73 Å². The third-order valence-corrected chi connectivity index (χ3v) is 3.62. The molecule has 0 aliphatic carbocycles. The topological polar surface area (TPSA) is 43.1 Å². The molecule has 2 nitrogen and oxygen atoms in total. The molecule has 1 aromatic heterocycles. The lowest BCUT2D eigenvalue weighted by Crippen LogP contribution is -2.02. The number of thiophene rings is 1. The van der Waals surface area contributed by atoms with Crippen molar-refractivity contribution < 1.29 is 4.79 Å². The van der Waals surface area contributed by atoms with Gasteiger partial charge in [0.1, 0.15) is 0 Å². The van der Waals surface area contributed by atoms with Crippen LogP contribution in [0.4, 0.5) is 0 Å². The van der Waals surface area contributed by atoms with Gasteiger partial charge in [-0.1, -0.05) is 30.3 Å². The quantitative estimate of drug-likeness (QED) is 0.825. The van der Waals surface area contributed by atoms with Crippen LogP contribution in [-0.2, 0) is 0 Å². The summed E-state index contributed by atoms with van der Waals surface area (Å²) in [5.74, 6) is 0.0671. The highest BCUT2D eigenvalue weighted by Gasteiger charge is 2.12. The predicted molar refractivity (Wildman–Crippen MR) is 66.8 cm³/mol. The Bertz CT molecular complexity index is 488. The summed E-state index contributed by atoms with van der Waals surface area (Å²) in [5.41, 5.74) is 6.49. The monoisotopic (exact) mass is 231 g/mol. The van der Waals surface area contributed by atoms with E-state index in [1.807, 2.05) is 49.4 Å². The third-order valence-electron chi connectivity index (χ3n) is 2.34. The highest BCUT2D eigenvalue weighted by Crippen LogP contribution is 2.23. The number of nitrogens with two attached hydrogens (primary N) is 1. The molecule has 0 saturated carbocycles. The van der Waals surface area contributed by atoms with Gasteiger partial charge in [0.15, 0.2) is 0 Å². The van der Waals surface area contributed by atoms with E-state index >= 15 is 0 Å². The second-order valence-electron chi connectivity index (χ2n) is 3.69. The van der Waals surface area contributed by atoms with E-state index in [0.29, 0.717) is 0 Å². The largest absolute Gasteiger partial charge is 0.324 e. The Morgan fingerprint density at radius 1 is 1.19 bits per heavy atom. The van der Waals surface area contributed by atoms with Gasteiger partial charge in [0.2, 0.25) is 5.78 Å². The highest BCUT2D eigenvalue weighted by atomic mass is 32.1. The smallest absolute Gasteiger partial charge is 0.202 e. The van der Waals surface area contributed by atoms with Crippen molar-refractivity contribution in [3.8, 4) is 0 Å². The van der Waals surface area contributed by atoms with Crippen LogP contribution in [0.5, 0.6) is 0 Å². The number of carbonyl (C=O) groups excluding carboxylic acids is 1. The minimum Gasteiger partial charge on any atom is -0.324 e. The van der Waals surface area contributed by atoms with E-state index in [1.165, 1.54) is 11.3 Å². The van der Waals surface area contributed by atoms with Gasteiger partial charge in [-0.15, -0.1) is 11.3 Å². The summed E-state index contributed by atoms with van der Waals surface area (Å²) in [4.78, 5) is 13.8. The molecule has 0 aliphatic rings. The number of carbonyl (C=O) groups is 1. The average molecular weight is 231 g/mol. The van der Waals surface area contributed by atoms with Crippen molar-refractivity contribution in [2.75, 3.05) is 0 Å². The lowest BCUT2D eigenvalue weighted by molar-refractivity contribution is 0.104. The molecular formula is C13H13NOS. The molecule has 2 rings (SSSR count). The van der Waals surface area contributed by atoms with E-state index in [0.717, 1.165) is 15.3 Å². The van der Waals surface area contributed by atoms with Crippen LogP contribution in [0.1, 0.15) is 33.1 Å². The van der Waals surface area contributed by atoms with Crippen LogP contribution in [-0.4, -0.2) is 5.78 Å². The van der Waals surface area contributed by atoms with Gasteiger partial charge in [0, 0.05) is 16.5 Å². The van der Waals surface area contributed by atoms with E-state index < -0.39 is 0 Å². The van der Waals surface area contributed by atoms with Crippen molar-refractivity contribution >= 4 is 17.1 Å². The summed E-state index contributed by atoms with van der Waals surface area (Å²) in [5, 5.41) is 0. The van der Waals surface area contributed by atoms with Crippen LogP contribution in [0, 0.1) is 0 Å². The number of benzene rings is 1. The zero-order valence-electron chi connectivity index (χ0n) is 9.01. The molecule has 0 amide bonds. The van der Waals surface area contributed by atoms with Crippen LogP contribution in [0.25, 0.3) is 0 Å². The Balaban J connectivity index is 2.28. The standard InChI is InChI=1S/C13H13NOS/c1-9(14)11-7-8-12(16-11)13(15)10-5-3-2-4-6-10/h2-9H,14H2,1H3. The third kappa shape index (κ3) is 2.21. The molecule has 82 valence electrons. The molecule has 2 N–H and O–H groups in total. The minimum absolute atomic E-state index is 0.0117. The Labute approximate surface area is 98.7 Å². The predicted octanol–water partition coefficient (Wildman–Crippen LogP) is 3.00. The second kappa shape index (κ2) is 4.60. The SMILES string of the molecule is CC(N)c1ccc(C(=O)c2ccccc2)s1. The summed E-state index contributed by atoms with van der Waals surface area (Å²) < 4.78 is 0. The molecule has 1 atom stereocenters. The lowest BCUT2D eigenvalue weighted by atomic mass is 10.1. The Hall–Kier alpha value is -1.45. The highest BCUT2D eigenvalue weighted by molar-refractivity contribution is 7.14. The first-order chi connectivity index (χ1) is 7.68. The van der Waals surface area contributed by atoms with E-state index in [2.05, 4.69) is 0 Å². The van der Waals surface area contributed by atoms with E-state index in [1.54, 1.807) is 0 Å². The van der Waals surface area contributed by atoms with Gasteiger partial charge >= 0.3 is 0 Å². The first-order valence-electron chi connectivity index (χ1n) is 5.13. The van der Waals surface area contributed by atoms with E-state index in [-0.39, 0.29) is 11.8 Å². The summed E-state index contributed by atoms with van der Waals surface area (Å²) in [6, 6.07) is 13.0. The van der Waals surface area contributed by atoms with Gasteiger partial charge < -0.3 is 5.73 Å². The zero-order chi connectivity index (χ0) is 11.5. The van der Waals surface area contributed by atoms with Crippen LogP contribution >= 0.6 is 11.3 Å². The normalized spacial score (nSPS) is 12.4. The molecule has 0 bridgehead atoms. The minimum atomic E-state index is -0.0117. The maximum atomic E-state index is 12.1. The molecule has 0 radical (unpaired) electrons. The van der Waals surface area contributed by atoms with E-state index in [9.17, 15) is 4.79 Å². The van der Waals surface area contributed by atoms with Gasteiger partial charge in [-0.2, -0.15) is 0 Å². The number of hydrogen-bond donors (Lipinski definition) is 1. The van der Waals surface area contributed by atoms with Crippen LogP contribution in [0.15, 0.2) is 42.5 Å². The second-order valence-corrected chi connectivity index (χ2v) is 4.80. The van der Waals surface area contributed by atoms with Crippen molar-refractivity contribution in [3.63, 3.8) is 0 Å². The Morgan fingerprint density at radius 2 is 1.88 bits per heavy atom. The van der Waals surface area contributed by atoms with Crippen molar-refractivity contribution in [2.45, 2.75) is 13.0 Å². The van der Waals surface area contributed by atoms with Crippen LogP contribution in [0.2, 0.25) is 0 Å². The molecule has 1 unspecified atom stereocenters. The van der Waals surface area contributed by atoms with Gasteiger partial charge in [0.25, 0.3) is 0 Å². The molecule has 1 aromatic carbocycles. The maximum Gasteiger partial charge on any atom is 0.202 e. The zero-order valence-corrected chi connectivity index (χ0v) is 9.83. The summed E-state index contributed by atoms with van der Waals surface area (Å²) in [7, 11) is 0. The Morgan fingerprint density at radius 3 is 2.44 bits per heavy atom. The van der Waals surface area contributed by atoms with Crippen molar-refractivity contribution in [3.05, 3.63) is 57.8 Å². The molecule has 16 heavy (non-hydrogen) atoms. The summed E-state index contributed by atoms with van der Waals surface area (Å²) >= 11 is 1.47. The summed E-state index contributed by atoms with van der Waals surface area (Å²) in [6.07, 6.45) is 0. The van der Waals surface area contributed by atoms with Crippen LogP contribution < -0.4 is 5.73 Å². The molecule has 0 fully saturated rings.